The lowest BCUT2D eigenvalue weighted by Crippen LogP contribution is -2.04. The van der Waals surface area contributed by atoms with E-state index in [4.69, 9.17) is 5.73 Å². The van der Waals surface area contributed by atoms with Gasteiger partial charge in [0.15, 0.2) is 0 Å². The maximum Gasteiger partial charge on any atom is 0.0574 e. The summed E-state index contributed by atoms with van der Waals surface area (Å²) in [5.41, 5.74) is 10.4. The highest BCUT2D eigenvalue weighted by Crippen LogP contribution is 2.19. The van der Waals surface area contributed by atoms with Crippen LogP contribution in [0, 0.1) is 6.92 Å². The van der Waals surface area contributed by atoms with Crippen LogP contribution in [0.4, 0.5) is 11.4 Å². The molecule has 0 unspecified atom stereocenters. The zero-order valence-electron chi connectivity index (χ0n) is 10.5. The van der Waals surface area contributed by atoms with Crippen molar-refractivity contribution >= 4 is 11.4 Å². The van der Waals surface area contributed by atoms with Gasteiger partial charge in [-0.15, -0.1) is 0 Å². The van der Waals surface area contributed by atoms with Crippen molar-refractivity contribution in [3.05, 3.63) is 35.4 Å². The van der Waals surface area contributed by atoms with Crippen molar-refractivity contribution in [1.29, 1.82) is 0 Å². The SMILES string of the molecule is CC/C=C(/C)CCNc1ccc(C)cc1N. The van der Waals surface area contributed by atoms with Gasteiger partial charge in [-0.2, -0.15) is 0 Å². The smallest absolute Gasteiger partial charge is 0.0574 e. The minimum Gasteiger partial charge on any atom is -0.397 e. The van der Waals surface area contributed by atoms with Gasteiger partial charge in [-0.3, -0.25) is 0 Å². The summed E-state index contributed by atoms with van der Waals surface area (Å²) in [6, 6.07) is 6.12. The molecule has 1 aromatic carbocycles. The van der Waals surface area contributed by atoms with E-state index in [1.807, 2.05) is 19.1 Å². The molecule has 0 aliphatic heterocycles. The second-order valence-corrected chi connectivity index (χ2v) is 4.23. The van der Waals surface area contributed by atoms with Crippen molar-refractivity contribution in [1.82, 2.24) is 0 Å². The molecule has 0 saturated carbocycles. The summed E-state index contributed by atoms with van der Waals surface area (Å²) in [5, 5.41) is 3.36. The van der Waals surface area contributed by atoms with Gasteiger partial charge in [0.05, 0.1) is 11.4 Å². The maximum absolute atomic E-state index is 5.92. The van der Waals surface area contributed by atoms with E-state index in [1.54, 1.807) is 0 Å². The fraction of sp³-hybridized carbons (Fsp3) is 0.429. The molecule has 2 heteroatoms. The summed E-state index contributed by atoms with van der Waals surface area (Å²) >= 11 is 0. The largest absolute Gasteiger partial charge is 0.397 e. The molecule has 0 aromatic heterocycles. The fourth-order valence-electron chi connectivity index (χ4n) is 1.69. The number of aryl methyl sites for hydroxylation is 1. The van der Waals surface area contributed by atoms with Crippen molar-refractivity contribution in [2.45, 2.75) is 33.6 Å². The molecule has 1 aromatic rings. The summed E-state index contributed by atoms with van der Waals surface area (Å²) in [5.74, 6) is 0. The summed E-state index contributed by atoms with van der Waals surface area (Å²) < 4.78 is 0. The predicted molar refractivity (Wildman–Crippen MR) is 72.7 cm³/mol. The molecule has 0 aliphatic rings. The average molecular weight is 218 g/mol. The van der Waals surface area contributed by atoms with Gasteiger partial charge in [-0.1, -0.05) is 24.6 Å². The van der Waals surface area contributed by atoms with Crippen LogP contribution in [0.1, 0.15) is 32.3 Å². The van der Waals surface area contributed by atoms with Crippen LogP contribution in [0.5, 0.6) is 0 Å². The van der Waals surface area contributed by atoms with E-state index >= 15 is 0 Å². The lowest BCUT2D eigenvalue weighted by atomic mass is 10.1. The van der Waals surface area contributed by atoms with Gasteiger partial charge in [0.1, 0.15) is 0 Å². The number of benzene rings is 1. The zero-order chi connectivity index (χ0) is 12.0. The molecule has 16 heavy (non-hydrogen) atoms. The summed E-state index contributed by atoms with van der Waals surface area (Å²) in [4.78, 5) is 0. The monoisotopic (exact) mass is 218 g/mol. The van der Waals surface area contributed by atoms with Gasteiger partial charge in [0.2, 0.25) is 0 Å². The van der Waals surface area contributed by atoms with Gasteiger partial charge < -0.3 is 11.1 Å². The van der Waals surface area contributed by atoms with E-state index in [9.17, 15) is 0 Å². The molecule has 88 valence electrons. The van der Waals surface area contributed by atoms with Crippen LogP contribution in [0.15, 0.2) is 29.8 Å². The molecule has 0 atom stereocenters. The lowest BCUT2D eigenvalue weighted by Gasteiger charge is -2.10. The van der Waals surface area contributed by atoms with Crippen LogP contribution in [0.2, 0.25) is 0 Å². The standard InChI is InChI=1S/C14H22N2/c1-4-5-11(2)8-9-16-14-7-6-12(3)10-13(14)15/h5-7,10,16H,4,8-9,15H2,1-3H3/b11-5-. The van der Waals surface area contributed by atoms with Gasteiger partial charge in [-0.25, -0.2) is 0 Å². The first kappa shape index (κ1) is 12.6. The number of hydrogen-bond acceptors (Lipinski definition) is 2. The number of allylic oxidation sites excluding steroid dienone is 1. The van der Waals surface area contributed by atoms with Crippen molar-refractivity contribution in [2.75, 3.05) is 17.6 Å². The Kier molecular flexibility index (Phi) is 4.90. The third-order valence-electron chi connectivity index (χ3n) is 2.59. The third kappa shape index (κ3) is 3.97. The second kappa shape index (κ2) is 6.21. The number of anilines is 2. The Bertz CT molecular complexity index is 367. The number of nitrogens with one attached hydrogen (secondary N) is 1. The predicted octanol–water partition coefficient (Wildman–Crippen LogP) is 3.74. The van der Waals surface area contributed by atoms with E-state index in [-0.39, 0.29) is 0 Å². The lowest BCUT2D eigenvalue weighted by molar-refractivity contribution is 0.979. The van der Waals surface area contributed by atoms with E-state index in [0.29, 0.717) is 0 Å². The molecule has 0 amide bonds. The summed E-state index contributed by atoms with van der Waals surface area (Å²) in [6.45, 7) is 7.32. The van der Waals surface area contributed by atoms with Crippen LogP contribution in [-0.4, -0.2) is 6.54 Å². The third-order valence-corrected chi connectivity index (χ3v) is 2.59. The number of nitrogens with two attached hydrogens (primary N) is 1. The van der Waals surface area contributed by atoms with Crippen LogP contribution in [0.25, 0.3) is 0 Å². The highest BCUT2D eigenvalue weighted by molar-refractivity contribution is 5.66. The van der Waals surface area contributed by atoms with E-state index in [2.05, 4.69) is 31.3 Å². The Balaban J connectivity index is 2.46. The topological polar surface area (TPSA) is 38.0 Å². The highest BCUT2D eigenvalue weighted by Gasteiger charge is 1.98. The summed E-state index contributed by atoms with van der Waals surface area (Å²) in [7, 11) is 0. The normalized spacial score (nSPS) is 11.6. The van der Waals surface area contributed by atoms with Crippen LogP contribution in [-0.2, 0) is 0 Å². The molecule has 0 bridgehead atoms. The Labute approximate surface area is 98.6 Å². The average Bonchev–Trinajstić information content (AvgIpc) is 2.22. The molecule has 0 saturated heterocycles. The zero-order valence-corrected chi connectivity index (χ0v) is 10.5. The van der Waals surface area contributed by atoms with Crippen molar-refractivity contribution < 1.29 is 0 Å². The van der Waals surface area contributed by atoms with Crippen molar-refractivity contribution in [2.24, 2.45) is 0 Å². The molecular formula is C14H22N2. The molecule has 3 N–H and O–H groups in total. The van der Waals surface area contributed by atoms with Gasteiger partial charge in [0, 0.05) is 6.54 Å². The Morgan fingerprint density at radius 2 is 2.19 bits per heavy atom. The molecule has 0 fully saturated rings. The molecule has 0 radical (unpaired) electrons. The molecule has 0 aliphatic carbocycles. The molecule has 1 rings (SSSR count). The molecular weight excluding hydrogens is 196 g/mol. The van der Waals surface area contributed by atoms with Crippen LogP contribution >= 0.6 is 0 Å². The first-order valence-electron chi connectivity index (χ1n) is 5.89. The van der Waals surface area contributed by atoms with E-state index in [0.717, 1.165) is 30.8 Å². The van der Waals surface area contributed by atoms with Gasteiger partial charge in [-0.05, 0) is 44.4 Å². The molecule has 0 spiro atoms. The van der Waals surface area contributed by atoms with Gasteiger partial charge in [0.25, 0.3) is 0 Å². The van der Waals surface area contributed by atoms with Crippen molar-refractivity contribution in [3.8, 4) is 0 Å². The molecule has 0 heterocycles. The first-order valence-corrected chi connectivity index (χ1v) is 5.89. The van der Waals surface area contributed by atoms with Crippen LogP contribution < -0.4 is 11.1 Å². The maximum atomic E-state index is 5.92. The Morgan fingerprint density at radius 1 is 1.44 bits per heavy atom. The number of rotatable bonds is 5. The molecule has 2 nitrogen and oxygen atoms in total. The van der Waals surface area contributed by atoms with Gasteiger partial charge >= 0.3 is 0 Å². The van der Waals surface area contributed by atoms with E-state index in [1.165, 1.54) is 11.1 Å². The first-order chi connectivity index (χ1) is 7.63. The van der Waals surface area contributed by atoms with E-state index < -0.39 is 0 Å². The van der Waals surface area contributed by atoms with Crippen LogP contribution in [0.3, 0.4) is 0 Å². The quantitative estimate of drug-likeness (QED) is 0.583. The number of hydrogen-bond donors (Lipinski definition) is 2. The fourth-order valence-corrected chi connectivity index (χ4v) is 1.69. The minimum atomic E-state index is 0.831. The second-order valence-electron chi connectivity index (χ2n) is 4.23. The minimum absolute atomic E-state index is 0.831. The highest BCUT2D eigenvalue weighted by atomic mass is 14.9. The Morgan fingerprint density at radius 3 is 2.81 bits per heavy atom. The Hall–Kier alpha value is -1.44. The number of nitrogen functional groups attached to an aromatic ring is 1. The summed E-state index contributed by atoms with van der Waals surface area (Å²) in [6.07, 6.45) is 4.44. The van der Waals surface area contributed by atoms with Crippen molar-refractivity contribution in [3.63, 3.8) is 0 Å².